The molecule has 1 aromatic rings. The monoisotopic (exact) mass is 240 g/mol. The van der Waals surface area contributed by atoms with Crippen LogP contribution in [0.5, 0.6) is 0 Å². The van der Waals surface area contributed by atoms with Gasteiger partial charge in [0, 0.05) is 17.2 Å². The minimum Gasteiger partial charge on any atom is -0.370 e. The van der Waals surface area contributed by atoms with Gasteiger partial charge in [-0.15, -0.1) is 0 Å². The van der Waals surface area contributed by atoms with Gasteiger partial charge in [0.05, 0.1) is 0 Å². The Morgan fingerprint density at radius 3 is 2.85 bits per heavy atom. The maximum absolute atomic E-state index is 4.25. The van der Waals surface area contributed by atoms with Crippen molar-refractivity contribution >= 4 is 21.7 Å². The van der Waals surface area contributed by atoms with Crippen LogP contribution in [0.15, 0.2) is 22.8 Å². The number of rotatable bonds is 3. The predicted molar refractivity (Wildman–Crippen MR) is 57.8 cm³/mol. The maximum atomic E-state index is 4.25. The van der Waals surface area contributed by atoms with E-state index in [2.05, 4.69) is 33.2 Å². The van der Waals surface area contributed by atoms with Crippen LogP contribution in [-0.2, 0) is 0 Å². The van der Waals surface area contributed by atoms with Crippen LogP contribution in [0.25, 0.3) is 0 Å². The van der Waals surface area contributed by atoms with Gasteiger partial charge < -0.3 is 5.32 Å². The minimum absolute atomic E-state index is 0.536. The summed E-state index contributed by atoms with van der Waals surface area (Å²) in [6.07, 6.45) is 4.50. The molecule has 1 aromatic heterocycles. The van der Waals surface area contributed by atoms with Gasteiger partial charge in [0.25, 0.3) is 0 Å². The van der Waals surface area contributed by atoms with Crippen molar-refractivity contribution in [2.45, 2.75) is 19.8 Å². The van der Waals surface area contributed by atoms with Gasteiger partial charge in [-0.3, -0.25) is 0 Å². The molecule has 0 atom stereocenters. The van der Waals surface area contributed by atoms with Crippen LogP contribution >= 0.6 is 15.9 Å². The van der Waals surface area contributed by atoms with Crippen LogP contribution < -0.4 is 5.32 Å². The molecule has 2 rings (SSSR count). The van der Waals surface area contributed by atoms with E-state index >= 15 is 0 Å². The number of halogens is 1. The van der Waals surface area contributed by atoms with Gasteiger partial charge in [0.1, 0.15) is 5.82 Å². The number of hydrogen-bond donors (Lipinski definition) is 1. The Bertz CT molecular complexity index is 290. The molecule has 0 aliphatic heterocycles. The van der Waals surface area contributed by atoms with E-state index in [0.29, 0.717) is 5.41 Å². The van der Waals surface area contributed by atoms with Crippen molar-refractivity contribution in [1.82, 2.24) is 4.98 Å². The lowest BCUT2D eigenvalue weighted by Gasteiger charge is -2.09. The Morgan fingerprint density at radius 2 is 2.31 bits per heavy atom. The zero-order valence-electron chi connectivity index (χ0n) is 7.68. The summed E-state index contributed by atoms with van der Waals surface area (Å²) in [6.45, 7) is 3.35. The smallest absolute Gasteiger partial charge is 0.125 e. The molecule has 0 aromatic carbocycles. The SMILES string of the molecule is CC1(CNc2ccc(Br)cn2)CC1. The molecule has 13 heavy (non-hydrogen) atoms. The van der Waals surface area contributed by atoms with E-state index in [0.717, 1.165) is 16.8 Å². The summed E-state index contributed by atoms with van der Waals surface area (Å²) in [6, 6.07) is 4.00. The fraction of sp³-hybridized carbons (Fsp3) is 0.500. The maximum Gasteiger partial charge on any atom is 0.125 e. The first-order valence-electron chi connectivity index (χ1n) is 4.53. The van der Waals surface area contributed by atoms with E-state index in [1.54, 1.807) is 0 Å². The molecule has 0 spiro atoms. The van der Waals surface area contributed by atoms with Crippen molar-refractivity contribution in [2.75, 3.05) is 11.9 Å². The first kappa shape index (κ1) is 9.00. The van der Waals surface area contributed by atoms with E-state index in [1.165, 1.54) is 12.8 Å². The van der Waals surface area contributed by atoms with Gasteiger partial charge in [-0.2, -0.15) is 0 Å². The number of hydrogen-bond acceptors (Lipinski definition) is 2. The molecule has 1 aliphatic carbocycles. The van der Waals surface area contributed by atoms with Gasteiger partial charge in [-0.1, -0.05) is 6.92 Å². The predicted octanol–water partition coefficient (Wildman–Crippen LogP) is 3.06. The van der Waals surface area contributed by atoms with Crippen LogP contribution in [0.2, 0.25) is 0 Å². The zero-order chi connectivity index (χ0) is 9.31. The summed E-state index contributed by atoms with van der Waals surface area (Å²) in [5.74, 6) is 0.969. The van der Waals surface area contributed by atoms with Crippen LogP contribution in [0, 0.1) is 5.41 Å². The molecule has 0 amide bonds. The van der Waals surface area contributed by atoms with Crippen molar-refractivity contribution in [3.05, 3.63) is 22.8 Å². The van der Waals surface area contributed by atoms with E-state index in [-0.39, 0.29) is 0 Å². The van der Waals surface area contributed by atoms with Crippen molar-refractivity contribution < 1.29 is 0 Å². The molecular formula is C10H13BrN2. The quantitative estimate of drug-likeness (QED) is 0.879. The highest BCUT2D eigenvalue weighted by Gasteiger charge is 2.36. The lowest BCUT2D eigenvalue weighted by atomic mass is 10.1. The molecule has 0 bridgehead atoms. The van der Waals surface area contributed by atoms with Crippen LogP contribution in [0.4, 0.5) is 5.82 Å². The van der Waals surface area contributed by atoms with Gasteiger partial charge in [0.15, 0.2) is 0 Å². The second-order valence-corrected chi connectivity index (χ2v) is 4.94. The van der Waals surface area contributed by atoms with E-state index in [4.69, 9.17) is 0 Å². The number of nitrogens with zero attached hydrogens (tertiary/aromatic N) is 1. The summed E-state index contributed by atoms with van der Waals surface area (Å²) >= 11 is 3.36. The summed E-state index contributed by atoms with van der Waals surface area (Å²) in [5, 5.41) is 3.34. The van der Waals surface area contributed by atoms with Gasteiger partial charge in [-0.05, 0) is 46.3 Å². The Balaban J connectivity index is 1.91. The first-order chi connectivity index (χ1) is 6.18. The highest BCUT2D eigenvalue weighted by molar-refractivity contribution is 9.10. The second-order valence-electron chi connectivity index (χ2n) is 4.03. The lowest BCUT2D eigenvalue weighted by Crippen LogP contribution is -2.12. The fourth-order valence-electron chi connectivity index (χ4n) is 1.17. The molecule has 1 fully saturated rings. The number of aromatic nitrogens is 1. The summed E-state index contributed by atoms with van der Waals surface area (Å²) < 4.78 is 1.02. The van der Waals surface area contributed by atoms with Crippen molar-refractivity contribution in [3.63, 3.8) is 0 Å². The molecule has 0 saturated heterocycles. The van der Waals surface area contributed by atoms with Crippen LogP contribution in [0.3, 0.4) is 0 Å². The molecule has 0 unspecified atom stereocenters. The Kier molecular flexibility index (Phi) is 2.28. The van der Waals surface area contributed by atoms with Crippen molar-refractivity contribution in [1.29, 1.82) is 0 Å². The Labute approximate surface area is 86.9 Å². The first-order valence-corrected chi connectivity index (χ1v) is 5.33. The average molecular weight is 241 g/mol. The van der Waals surface area contributed by atoms with Crippen LogP contribution in [-0.4, -0.2) is 11.5 Å². The number of nitrogens with one attached hydrogen (secondary N) is 1. The highest BCUT2D eigenvalue weighted by Crippen LogP contribution is 2.44. The molecule has 70 valence electrons. The van der Waals surface area contributed by atoms with Crippen LogP contribution in [0.1, 0.15) is 19.8 Å². The third-order valence-corrected chi connectivity index (χ3v) is 3.00. The standard InChI is InChI=1S/C10H13BrN2/c1-10(4-5-10)7-13-9-3-2-8(11)6-12-9/h2-3,6H,4-5,7H2,1H3,(H,12,13). The normalized spacial score (nSPS) is 18.3. The molecule has 1 N–H and O–H groups in total. The highest BCUT2D eigenvalue weighted by atomic mass is 79.9. The second kappa shape index (κ2) is 3.29. The molecule has 2 nitrogen and oxygen atoms in total. The molecule has 1 heterocycles. The molecule has 1 aliphatic rings. The van der Waals surface area contributed by atoms with E-state index in [1.807, 2.05) is 18.3 Å². The average Bonchev–Trinajstić information content (AvgIpc) is 2.84. The number of pyridine rings is 1. The summed E-state index contributed by atoms with van der Waals surface area (Å²) in [7, 11) is 0. The summed E-state index contributed by atoms with van der Waals surface area (Å²) in [5.41, 5.74) is 0.536. The fourth-order valence-corrected chi connectivity index (χ4v) is 1.41. The largest absolute Gasteiger partial charge is 0.370 e. The zero-order valence-corrected chi connectivity index (χ0v) is 9.26. The van der Waals surface area contributed by atoms with Crippen molar-refractivity contribution in [3.8, 4) is 0 Å². The van der Waals surface area contributed by atoms with Gasteiger partial charge >= 0.3 is 0 Å². The minimum atomic E-state index is 0.536. The molecular weight excluding hydrogens is 228 g/mol. The Hall–Kier alpha value is -0.570. The van der Waals surface area contributed by atoms with E-state index < -0.39 is 0 Å². The number of anilines is 1. The third-order valence-electron chi connectivity index (χ3n) is 2.53. The molecule has 3 heteroatoms. The topological polar surface area (TPSA) is 24.9 Å². The Morgan fingerprint density at radius 1 is 1.54 bits per heavy atom. The lowest BCUT2D eigenvalue weighted by molar-refractivity contribution is 0.609. The third kappa shape index (κ3) is 2.44. The van der Waals surface area contributed by atoms with Crippen molar-refractivity contribution in [2.24, 2.45) is 5.41 Å². The van der Waals surface area contributed by atoms with E-state index in [9.17, 15) is 0 Å². The van der Waals surface area contributed by atoms with Gasteiger partial charge in [0.2, 0.25) is 0 Å². The molecule has 0 radical (unpaired) electrons. The summed E-state index contributed by atoms with van der Waals surface area (Å²) in [4.78, 5) is 4.25. The van der Waals surface area contributed by atoms with Gasteiger partial charge in [-0.25, -0.2) is 4.98 Å². The molecule has 1 saturated carbocycles.